The van der Waals surface area contributed by atoms with Gasteiger partial charge in [0.1, 0.15) is 17.2 Å². The molecule has 5 heterocycles. The maximum Gasteiger partial charge on any atom is 0.255 e. The summed E-state index contributed by atoms with van der Waals surface area (Å²) in [4.78, 5) is 39.4. The number of hydrogen-bond donors (Lipinski definition) is 2. The van der Waals surface area contributed by atoms with E-state index in [9.17, 15) is 18.4 Å². The van der Waals surface area contributed by atoms with Crippen molar-refractivity contribution in [2.75, 3.05) is 18.8 Å². The monoisotopic (exact) mass is 594 g/mol. The standard InChI is InChI=1S/C33H28F2N6O3/c34-33(35)9-13-41(14-10-33)32(43)23-3-4-28(38-19-23)24-15-25-16-26(44-31(25)27(17-24)22-7-11-37-12-8-22)20-40-30(42)6-2-21-1-5-29(36)39-18-21/h1-8,11-12,15-19H,9-10,13-14,20H2,(H2,36,39)(H,40,42)/b6-2+. The number of fused-ring (bicyclic) bond motifs is 1. The Kier molecular flexibility index (Phi) is 7.84. The second-order valence-electron chi connectivity index (χ2n) is 10.5. The zero-order valence-corrected chi connectivity index (χ0v) is 23.5. The lowest BCUT2D eigenvalue weighted by Gasteiger charge is -2.31. The number of alkyl halides is 2. The molecule has 1 fully saturated rings. The van der Waals surface area contributed by atoms with Crippen molar-refractivity contribution >= 4 is 34.7 Å². The number of hydrogen-bond acceptors (Lipinski definition) is 7. The normalized spacial score (nSPS) is 14.6. The molecule has 1 aromatic carbocycles. The van der Waals surface area contributed by atoms with Crippen LogP contribution in [-0.4, -0.2) is 50.7 Å². The number of nitrogen functional groups attached to an aromatic ring is 1. The molecule has 3 N–H and O–H groups in total. The fourth-order valence-electron chi connectivity index (χ4n) is 5.02. The van der Waals surface area contributed by atoms with Crippen molar-refractivity contribution in [2.24, 2.45) is 0 Å². The van der Waals surface area contributed by atoms with Gasteiger partial charge in [-0.05, 0) is 71.8 Å². The lowest BCUT2D eigenvalue weighted by atomic mass is 9.99. The molecule has 11 heteroatoms. The quantitative estimate of drug-likeness (QED) is 0.230. The first-order valence-corrected chi connectivity index (χ1v) is 14.0. The molecule has 0 unspecified atom stereocenters. The fraction of sp³-hybridized carbons (Fsp3) is 0.182. The first-order chi connectivity index (χ1) is 21.2. The molecule has 5 aromatic rings. The van der Waals surface area contributed by atoms with E-state index >= 15 is 0 Å². The fourth-order valence-corrected chi connectivity index (χ4v) is 5.02. The molecule has 2 amide bonds. The van der Waals surface area contributed by atoms with Crippen LogP contribution in [0, 0.1) is 0 Å². The largest absolute Gasteiger partial charge is 0.459 e. The Morgan fingerprint density at radius 1 is 0.977 bits per heavy atom. The number of aromatic nitrogens is 3. The van der Waals surface area contributed by atoms with Crippen LogP contribution in [0.5, 0.6) is 0 Å². The number of likely N-dealkylation sites (tertiary alicyclic amines) is 1. The number of benzene rings is 1. The van der Waals surface area contributed by atoms with Crippen LogP contribution >= 0.6 is 0 Å². The van der Waals surface area contributed by atoms with Crippen LogP contribution in [0.1, 0.15) is 34.5 Å². The number of amides is 2. The molecule has 6 rings (SSSR count). The van der Waals surface area contributed by atoms with Gasteiger partial charge >= 0.3 is 0 Å². The number of nitrogens with one attached hydrogen (secondary N) is 1. The minimum atomic E-state index is -2.73. The predicted octanol–water partition coefficient (Wildman–Crippen LogP) is 5.73. The summed E-state index contributed by atoms with van der Waals surface area (Å²) < 4.78 is 33.3. The van der Waals surface area contributed by atoms with Crippen molar-refractivity contribution in [3.63, 3.8) is 0 Å². The van der Waals surface area contributed by atoms with E-state index in [0.29, 0.717) is 28.4 Å². The molecule has 9 nitrogen and oxygen atoms in total. The smallest absolute Gasteiger partial charge is 0.255 e. The van der Waals surface area contributed by atoms with E-state index < -0.39 is 5.92 Å². The van der Waals surface area contributed by atoms with E-state index in [1.807, 2.05) is 30.3 Å². The highest BCUT2D eigenvalue weighted by Crippen LogP contribution is 2.35. The van der Waals surface area contributed by atoms with Gasteiger partial charge in [0, 0.05) is 73.3 Å². The van der Waals surface area contributed by atoms with Gasteiger partial charge in [-0.15, -0.1) is 0 Å². The Labute approximate surface area is 251 Å². The van der Waals surface area contributed by atoms with E-state index in [1.54, 1.807) is 48.9 Å². The molecule has 0 aliphatic carbocycles. The summed E-state index contributed by atoms with van der Waals surface area (Å²) in [5, 5.41) is 3.63. The van der Waals surface area contributed by atoms with Crippen molar-refractivity contribution in [2.45, 2.75) is 25.3 Å². The summed E-state index contributed by atoms with van der Waals surface area (Å²) in [6.07, 6.45) is 8.82. The van der Waals surface area contributed by atoms with Crippen LogP contribution in [0.15, 0.2) is 89.9 Å². The SMILES string of the molecule is Nc1ccc(/C=C/C(=O)NCc2cc3cc(-c4ccc(C(=O)N5CCC(F)(F)CC5)cn4)cc(-c4ccncc4)c3o2)cn1. The third-order valence-electron chi connectivity index (χ3n) is 7.42. The minimum Gasteiger partial charge on any atom is -0.459 e. The van der Waals surface area contributed by atoms with Gasteiger partial charge in [0.15, 0.2) is 0 Å². The first kappa shape index (κ1) is 28.7. The molecule has 1 aliphatic heterocycles. The summed E-state index contributed by atoms with van der Waals surface area (Å²) >= 11 is 0. The van der Waals surface area contributed by atoms with Crippen LogP contribution in [0.3, 0.4) is 0 Å². The zero-order chi connectivity index (χ0) is 30.7. The summed E-state index contributed by atoms with van der Waals surface area (Å²) in [5.41, 5.74) is 10.4. The van der Waals surface area contributed by atoms with Gasteiger partial charge in [-0.25, -0.2) is 13.8 Å². The lowest BCUT2D eigenvalue weighted by molar-refractivity contribution is -0.116. The maximum absolute atomic E-state index is 13.5. The summed E-state index contributed by atoms with van der Waals surface area (Å²) in [6.45, 7) is 0.193. The van der Waals surface area contributed by atoms with Crippen LogP contribution in [0.2, 0.25) is 0 Å². The van der Waals surface area contributed by atoms with Gasteiger partial charge in [0.05, 0.1) is 17.8 Å². The third-order valence-corrected chi connectivity index (χ3v) is 7.42. The predicted molar refractivity (Wildman–Crippen MR) is 162 cm³/mol. The molecular formula is C33H28F2N6O3. The van der Waals surface area contributed by atoms with Crippen LogP contribution in [0.25, 0.3) is 39.4 Å². The molecule has 1 aliphatic rings. The molecule has 222 valence electrons. The van der Waals surface area contributed by atoms with Gasteiger partial charge < -0.3 is 20.4 Å². The Morgan fingerprint density at radius 2 is 1.77 bits per heavy atom. The third kappa shape index (κ3) is 6.46. The topological polar surface area (TPSA) is 127 Å². The van der Waals surface area contributed by atoms with Gasteiger partial charge in [0.2, 0.25) is 5.91 Å². The molecule has 0 radical (unpaired) electrons. The minimum absolute atomic E-state index is 0.0131. The number of furan rings is 1. The number of piperidine rings is 1. The highest BCUT2D eigenvalue weighted by atomic mass is 19.3. The molecule has 0 spiro atoms. The number of carbonyl (C=O) groups is 2. The summed E-state index contributed by atoms with van der Waals surface area (Å²) in [7, 11) is 0. The Balaban J connectivity index is 1.23. The van der Waals surface area contributed by atoms with Crippen molar-refractivity contribution in [3.05, 3.63) is 102 Å². The molecule has 0 atom stereocenters. The molecule has 0 saturated carbocycles. The second-order valence-corrected chi connectivity index (χ2v) is 10.5. The summed E-state index contributed by atoms with van der Waals surface area (Å²) in [6, 6.07) is 16.3. The number of nitrogens with two attached hydrogens (primary N) is 1. The Bertz CT molecular complexity index is 1830. The van der Waals surface area contributed by atoms with Crippen LogP contribution in [0.4, 0.5) is 14.6 Å². The lowest BCUT2D eigenvalue weighted by Crippen LogP contribution is -2.42. The van der Waals surface area contributed by atoms with Crippen molar-refractivity contribution in [1.82, 2.24) is 25.2 Å². The average molecular weight is 595 g/mol. The van der Waals surface area contributed by atoms with Crippen molar-refractivity contribution in [3.8, 4) is 22.4 Å². The second kappa shape index (κ2) is 12.0. The first-order valence-electron chi connectivity index (χ1n) is 14.0. The van der Waals surface area contributed by atoms with E-state index in [0.717, 1.165) is 27.6 Å². The molecule has 1 saturated heterocycles. The van der Waals surface area contributed by atoms with Crippen LogP contribution in [-0.2, 0) is 11.3 Å². The average Bonchev–Trinajstić information content (AvgIpc) is 3.46. The number of nitrogens with zero attached hydrogens (tertiary/aromatic N) is 4. The van der Waals surface area contributed by atoms with E-state index in [2.05, 4.69) is 20.3 Å². The molecule has 4 aromatic heterocycles. The van der Waals surface area contributed by atoms with Crippen molar-refractivity contribution < 1.29 is 22.8 Å². The van der Waals surface area contributed by atoms with E-state index in [1.165, 1.54) is 17.2 Å². The van der Waals surface area contributed by atoms with Crippen molar-refractivity contribution in [1.29, 1.82) is 0 Å². The number of halogens is 2. The summed E-state index contributed by atoms with van der Waals surface area (Å²) in [5.74, 6) is -2.37. The Hall–Kier alpha value is -5.45. The number of rotatable bonds is 7. The van der Waals surface area contributed by atoms with Gasteiger partial charge in [0.25, 0.3) is 11.8 Å². The van der Waals surface area contributed by atoms with Gasteiger partial charge in [-0.2, -0.15) is 0 Å². The molecule has 0 bridgehead atoms. The highest BCUT2D eigenvalue weighted by molar-refractivity contribution is 5.97. The Morgan fingerprint density at radius 3 is 2.48 bits per heavy atom. The molecular weight excluding hydrogens is 566 g/mol. The number of anilines is 1. The van der Waals surface area contributed by atoms with E-state index in [4.69, 9.17) is 10.2 Å². The zero-order valence-electron chi connectivity index (χ0n) is 23.5. The number of pyridine rings is 3. The van der Waals surface area contributed by atoms with Crippen LogP contribution < -0.4 is 11.1 Å². The number of carbonyl (C=O) groups excluding carboxylic acids is 2. The maximum atomic E-state index is 13.5. The van der Waals surface area contributed by atoms with Gasteiger partial charge in [-0.3, -0.25) is 19.6 Å². The highest BCUT2D eigenvalue weighted by Gasteiger charge is 2.35. The van der Waals surface area contributed by atoms with E-state index in [-0.39, 0.29) is 44.3 Å². The molecule has 44 heavy (non-hydrogen) atoms. The van der Waals surface area contributed by atoms with Gasteiger partial charge in [-0.1, -0.05) is 0 Å².